The molecule has 0 radical (unpaired) electrons. The summed E-state index contributed by atoms with van der Waals surface area (Å²) < 4.78 is 11.0. The van der Waals surface area contributed by atoms with Crippen molar-refractivity contribution in [2.75, 3.05) is 26.8 Å². The van der Waals surface area contributed by atoms with Gasteiger partial charge in [-0.25, -0.2) is 0 Å². The van der Waals surface area contributed by atoms with Gasteiger partial charge in [0.2, 0.25) is 5.91 Å². The predicted molar refractivity (Wildman–Crippen MR) is 87.2 cm³/mol. The molecule has 1 N–H and O–H groups in total. The van der Waals surface area contributed by atoms with Gasteiger partial charge in [0.05, 0.1) is 18.9 Å². The van der Waals surface area contributed by atoms with Crippen molar-refractivity contribution in [1.29, 1.82) is 0 Å². The number of carboxylic acids is 1. The molecule has 1 aromatic carbocycles. The van der Waals surface area contributed by atoms with Gasteiger partial charge >= 0.3 is 5.97 Å². The third-order valence-electron chi connectivity index (χ3n) is 4.84. The lowest BCUT2D eigenvalue weighted by Crippen LogP contribution is -2.49. The Labute approximate surface area is 141 Å². The van der Waals surface area contributed by atoms with Gasteiger partial charge in [-0.1, -0.05) is 6.92 Å². The molecule has 130 valence electrons. The van der Waals surface area contributed by atoms with Crippen molar-refractivity contribution < 1.29 is 24.2 Å². The number of carbonyl (C=O) groups excluding carboxylic acids is 1. The van der Waals surface area contributed by atoms with Gasteiger partial charge in [0.15, 0.2) is 0 Å². The molecule has 0 aromatic heterocycles. The highest BCUT2D eigenvalue weighted by Gasteiger charge is 2.36. The van der Waals surface area contributed by atoms with Crippen LogP contribution in [0.15, 0.2) is 18.2 Å². The van der Waals surface area contributed by atoms with Crippen LogP contribution in [0, 0.1) is 17.8 Å². The van der Waals surface area contributed by atoms with E-state index in [0.29, 0.717) is 32.5 Å². The van der Waals surface area contributed by atoms with E-state index in [1.165, 1.54) is 0 Å². The normalized spacial score (nSPS) is 26.2. The van der Waals surface area contributed by atoms with Crippen LogP contribution in [0.3, 0.4) is 0 Å². The van der Waals surface area contributed by atoms with E-state index < -0.39 is 11.9 Å². The van der Waals surface area contributed by atoms with Gasteiger partial charge in [0.25, 0.3) is 0 Å². The molecule has 3 rings (SSSR count). The minimum atomic E-state index is -0.825. The second kappa shape index (κ2) is 6.71. The Morgan fingerprint density at radius 2 is 2.08 bits per heavy atom. The zero-order chi connectivity index (χ0) is 17.3. The summed E-state index contributed by atoms with van der Waals surface area (Å²) in [7, 11) is 1.61. The van der Waals surface area contributed by atoms with Crippen molar-refractivity contribution in [2.24, 2.45) is 17.8 Å². The number of nitrogens with zero attached hydrogens (tertiary/aromatic N) is 1. The quantitative estimate of drug-likeness (QED) is 0.913. The maximum absolute atomic E-state index is 12.9. The lowest BCUT2D eigenvalue weighted by Gasteiger charge is -2.37. The summed E-state index contributed by atoms with van der Waals surface area (Å²) in [4.78, 5) is 25.9. The van der Waals surface area contributed by atoms with Crippen LogP contribution in [0.4, 0.5) is 0 Å². The average molecular weight is 333 g/mol. The summed E-state index contributed by atoms with van der Waals surface area (Å²) in [5.74, 6) is 0.133. The number of hydrogen-bond acceptors (Lipinski definition) is 4. The van der Waals surface area contributed by atoms with E-state index in [1.54, 1.807) is 12.0 Å². The maximum atomic E-state index is 12.9. The van der Waals surface area contributed by atoms with Crippen molar-refractivity contribution in [3.05, 3.63) is 23.8 Å². The van der Waals surface area contributed by atoms with Gasteiger partial charge in [0, 0.05) is 13.1 Å². The number of carbonyl (C=O) groups is 2. The van der Waals surface area contributed by atoms with Crippen molar-refractivity contribution in [3.8, 4) is 11.5 Å². The van der Waals surface area contributed by atoms with E-state index in [9.17, 15) is 14.7 Å². The second-order valence-corrected chi connectivity index (χ2v) is 6.80. The van der Waals surface area contributed by atoms with E-state index in [2.05, 4.69) is 0 Å². The summed E-state index contributed by atoms with van der Waals surface area (Å²) >= 11 is 0. The monoisotopic (exact) mass is 333 g/mol. The van der Waals surface area contributed by atoms with E-state index in [4.69, 9.17) is 9.47 Å². The van der Waals surface area contributed by atoms with Crippen molar-refractivity contribution >= 4 is 11.9 Å². The smallest absolute Gasteiger partial charge is 0.308 e. The van der Waals surface area contributed by atoms with Crippen LogP contribution < -0.4 is 9.47 Å². The number of likely N-dealkylation sites (tertiary alicyclic amines) is 1. The summed E-state index contributed by atoms with van der Waals surface area (Å²) in [5.41, 5.74) is 0.957. The van der Waals surface area contributed by atoms with E-state index in [0.717, 1.165) is 17.1 Å². The van der Waals surface area contributed by atoms with E-state index in [1.807, 2.05) is 25.1 Å². The molecule has 1 aromatic rings. The molecule has 1 saturated heterocycles. The van der Waals surface area contributed by atoms with Crippen LogP contribution in [0.2, 0.25) is 0 Å². The number of amides is 1. The van der Waals surface area contributed by atoms with E-state index in [-0.39, 0.29) is 17.7 Å². The van der Waals surface area contributed by atoms with Gasteiger partial charge in [-0.2, -0.15) is 0 Å². The number of methoxy groups -OCH3 is 1. The number of piperidine rings is 1. The highest BCUT2D eigenvalue weighted by Crippen LogP contribution is 2.32. The minimum Gasteiger partial charge on any atom is -0.497 e. The van der Waals surface area contributed by atoms with Crippen LogP contribution in [0.1, 0.15) is 18.9 Å². The SMILES string of the molecule is COc1ccc2c(c1)CC(C(=O)N1CC(C)CC(C(=O)O)C1)CO2. The first kappa shape index (κ1) is 16.6. The molecule has 6 nitrogen and oxygen atoms in total. The molecule has 3 unspecified atom stereocenters. The molecule has 3 atom stereocenters. The molecule has 6 heteroatoms. The number of ether oxygens (including phenoxy) is 2. The number of carboxylic acid groups (broad SMARTS) is 1. The Hall–Kier alpha value is -2.24. The molecule has 1 fully saturated rings. The maximum Gasteiger partial charge on any atom is 0.308 e. The fraction of sp³-hybridized carbons (Fsp3) is 0.556. The number of fused-ring (bicyclic) bond motifs is 1. The zero-order valence-corrected chi connectivity index (χ0v) is 14.0. The molecule has 0 spiro atoms. The van der Waals surface area contributed by atoms with Crippen LogP contribution >= 0.6 is 0 Å². The molecule has 0 saturated carbocycles. The number of rotatable bonds is 3. The van der Waals surface area contributed by atoms with Gasteiger partial charge in [-0.15, -0.1) is 0 Å². The van der Waals surface area contributed by atoms with Gasteiger partial charge < -0.3 is 19.5 Å². The highest BCUT2D eigenvalue weighted by atomic mass is 16.5. The first-order chi connectivity index (χ1) is 11.5. The highest BCUT2D eigenvalue weighted by molar-refractivity contribution is 5.81. The fourth-order valence-corrected chi connectivity index (χ4v) is 3.63. The molecule has 2 aliphatic rings. The van der Waals surface area contributed by atoms with Gasteiger partial charge in [0.1, 0.15) is 18.1 Å². The average Bonchev–Trinajstić information content (AvgIpc) is 2.59. The Kier molecular flexibility index (Phi) is 4.64. The first-order valence-corrected chi connectivity index (χ1v) is 8.29. The molecule has 2 heterocycles. The summed E-state index contributed by atoms with van der Waals surface area (Å²) in [6, 6.07) is 5.59. The van der Waals surface area contributed by atoms with Crippen molar-refractivity contribution in [3.63, 3.8) is 0 Å². The lowest BCUT2D eigenvalue weighted by molar-refractivity contribution is -0.148. The molecule has 2 aliphatic heterocycles. The zero-order valence-electron chi connectivity index (χ0n) is 14.0. The van der Waals surface area contributed by atoms with Crippen LogP contribution in [-0.2, 0) is 16.0 Å². The largest absolute Gasteiger partial charge is 0.497 e. The molecule has 1 amide bonds. The Morgan fingerprint density at radius 1 is 1.29 bits per heavy atom. The number of benzene rings is 1. The molecule has 24 heavy (non-hydrogen) atoms. The van der Waals surface area contributed by atoms with Gasteiger partial charge in [-0.3, -0.25) is 9.59 Å². The minimum absolute atomic E-state index is 0.0127. The Bertz CT molecular complexity index is 644. The third kappa shape index (κ3) is 3.32. The van der Waals surface area contributed by atoms with Crippen molar-refractivity contribution in [1.82, 2.24) is 4.90 Å². The van der Waals surface area contributed by atoms with Crippen LogP contribution in [0.5, 0.6) is 11.5 Å². The molecule has 0 aliphatic carbocycles. The molecule has 0 bridgehead atoms. The summed E-state index contributed by atoms with van der Waals surface area (Å²) in [6.07, 6.45) is 1.22. The van der Waals surface area contributed by atoms with Crippen molar-refractivity contribution in [2.45, 2.75) is 19.8 Å². The standard InChI is InChI=1S/C18H23NO5/c1-11-5-13(18(21)22)9-19(8-11)17(20)14-6-12-7-15(23-2)3-4-16(12)24-10-14/h3-4,7,11,13-14H,5-6,8-10H2,1-2H3,(H,21,22). The number of hydrogen-bond donors (Lipinski definition) is 1. The third-order valence-corrected chi connectivity index (χ3v) is 4.84. The number of aliphatic carboxylic acids is 1. The fourth-order valence-electron chi connectivity index (χ4n) is 3.63. The molecular weight excluding hydrogens is 310 g/mol. The van der Waals surface area contributed by atoms with Gasteiger partial charge in [-0.05, 0) is 42.5 Å². The van der Waals surface area contributed by atoms with E-state index >= 15 is 0 Å². The first-order valence-electron chi connectivity index (χ1n) is 8.29. The Balaban J connectivity index is 1.72. The lowest BCUT2D eigenvalue weighted by atomic mass is 9.88. The second-order valence-electron chi connectivity index (χ2n) is 6.80. The predicted octanol–water partition coefficient (Wildman–Crippen LogP) is 1.82. The summed E-state index contributed by atoms with van der Waals surface area (Å²) in [5, 5.41) is 9.28. The topological polar surface area (TPSA) is 76.1 Å². The Morgan fingerprint density at radius 3 is 2.79 bits per heavy atom. The molecular formula is C18H23NO5. The summed E-state index contributed by atoms with van der Waals surface area (Å²) in [6.45, 7) is 3.23. The van der Waals surface area contributed by atoms with Crippen LogP contribution in [0.25, 0.3) is 0 Å². The van der Waals surface area contributed by atoms with Crippen LogP contribution in [-0.4, -0.2) is 48.7 Å².